The SMILES string of the molecule is CC(CN)CC(=O)NCC1CCSC1. The van der Waals surface area contributed by atoms with Crippen molar-refractivity contribution in [2.45, 2.75) is 19.8 Å². The average Bonchev–Trinajstić information content (AvgIpc) is 2.67. The van der Waals surface area contributed by atoms with Crippen molar-refractivity contribution in [2.24, 2.45) is 17.6 Å². The molecule has 0 radical (unpaired) electrons. The van der Waals surface area contributed by atoms with Crippen LogP contribution in [0.1, 0.15) is 19.8 Å². The molecule has 14 heavy (non-hydrogen) atoms. The van der Waals surface area contributed by atoms with Gasteiger partial charge in [0.25, 0.3) is 0 Å². The summed E-state index contributed by atoms with van der Waals surface area (Å²) in [6, 6.07) is 0. The minimum Gasteiger partial charge on any atom is -0.356 e. The third-order valence-corrected chi connectivity index (χ3v) is 3.78. The zero-order valence-electron chi connectivity index (χ0n) is 8.79. The van der Waals surface area contributed by atoms with Crippen LogP contribution in [-0.2, 0) is 4.79 Å². The maximum atomic E-state index is 11.4. The third-order valence-electron chi connectivity index (χ3n) is 2.55. The molecule has 2 unspecified atom stereocenters. The summed E-state index contributed by atoms with van der Waals surface area (Å²) >= 11 is 1.98. The fourth-order valence-electron chi connectivity index (χ4n) is 1.47. The van der Waals surface area contributed by atoms with E-state index in [0.717, 1.165) is 6.54 Å². The van der Waals surface area contributed by atoms with Gasteiger partial charge in [0, 0.05) is 13.0 Å². The Bertz CT molecular complexity index is 181. The number of carbonyl (C=O) groups excluding carboxylic acids is 1. The molecule has 0 aliphatic carbocycles. The van der Waals surface area contributed by atoms with E-state index in [2.05, 4.69) is 5.32 Å². The highest BCUT2D eigenvalue weighted by atomic mass is 32.2. The highest BCUT2D eigenvalue weighted by Crippen LogP contribution is 2.22. The predicted molar refractivity (Wildman–Crippen MR) is 61.3 cm³/mol. The van der Waals surface area contributed by atoms with Gasteiger partial charge in [-0.1, -0.05) is 6.92 Å². The van der Waals surface area contributed by atoms with Crippen LogP contribution in [0.2, 0.25) is 0 Å². The Balaban J connectivity index is 2.08. The lowest BCUT2D eigenvalue weighted by Gasteiger charge is -2.12. The minimum atomic E-state index is 0.153. The molecule has 0 aromatic rings. The van der Waals surface area contributed by atoms with E-state index in [-0.39, 0.29) is 5.91 Å². The summed E-state index contributed by atoms with van der Waals surface area (Å²) < 4.78 is 0. The summed E-state index contributed by atoms with van der Waals surface area (Å²) in [6.45, 7) is 3.45. The highest BCUT2D eigenvalue weighted by Gasteiger charge is 2.16. The van der Waals surface area contributed by atoms with E-state index in [1.807, 2.05) is 18.7 Å². The Kier molecular flexibility index (Phi) is 5.33. The highest BCUT2D eigenvalue weighted by molar-refractivity contribution is 7.99. The Labute approximate surface area is 90.2 Å². The molecule has 3 N–H and O–H groups in total. The van der Waals surface area contributed by atoms with E-state index in [1.54, 1.807) is 0 Å². The first-order valence-electron chi connectivity index (χ1n) is 5.27. The Morgan fingerprint density at radius 1 is 1.71 bits per heavy atom. The smallest absolute Gasteiger partial charge is 0.220 e. The molecule has 1 heterocycles. The maximum absolute atomic E-state index is 11.4. The van der Waals surface area contributed by atoms with Gasteiger partial charge in [-0.2, -0.15) is 11.8 Å². The molecule has 1 aliphatic heterocycles. The summed E-state index contributed by atoms with van der Waals surface area (Å²) in [5.41, 5.74) is 5.46. The Morgan fingerprint density at radius 3 is 3.07 bits per heavy atom. The third kappa shape index (κ3) is 4.33. The number of nitrogens with two attached hydrogens (primary N) is 1. The van der Waals surface area contributed by atoms with Crippen LogP contribution in [0.5, 0.6) is 0 Å². The van der Waals surface area contributed by atoms with Gasteiger partial charge in [-0.25, -0.2) is 0 Å². The second-order valence-corrected chi connectivity index (χ2v) is 5.23. The quantitative estimate of drug-likeness (QED) is 0.716. The van der Waals surface area contributed by atoms with Crippen LogP contribution in [0.3, 0.4) is 0 Å². The molecule has 0 bridgehead atoms. The molecule has 3 nitrogen and oxygen atoms in total. The second-order valence-electron chi connectivity index (χ2n) is 4.08. The van der Waals surface area contributed by atoms with Crippen LogP contribution in [0.15, 0.2) is 0 Å². The molecule has 1 rings (SSSR count). The Morgan fingerprint density at radius 2 is 2.50 bits per heavy atom. The number of rotatable bonds is 5. The first-order valence-corrected chi connectivity index (χ1v) is 6.42. The van der Waals surface area contributed by atoms with Crippen molar-refractivity contribution in [1.29, 1.82) is 0 Å². The predicted octanol–water partition coefficient (Wildman–Crippen LogP) is 0.841. The van der Waals surface area contributed by atoms with E-state index in [4.69, 9.17) is 5.73 Å². The lowest BCUT2D eigenvalue weighted by molar-refractivity contribution is -0.122. The monoisotopic (exact) mass is 216 g/mol. The van der Waals surface area contributed by atoms with Crippen LogP contribution < -0.4 is 11.1 Å². The number of carbonyl (C=O) groups is 1. The minimum absolute atomic E-state index is 0.153. The molecule has 2 atom stereocenters. The zero-order chi connectivity index (χ0) is 10.4. The first kappa shape index (κ1) is 11.9. The van der Waals surface area contributed by atoms with Gasteiger partial charge in [0.05, 0.1) is 0 Å². The van der Waals surface area contributed by atoms with Gasteiger partial charge >= 0.3 is 0 Å². The molecule has 1 saturated heterocycles. The fourth-order valence-corrected chi connectivity index (χ4v) is 2.76. The molecule has 0 saturated carbocycles. The second kappa shape index (κ2) is 6.30. The fraction of sp³-hybridized carbons (Fsp3) is 0.900. The summed E-state index contributed by atoms with van der Waals surface area (Å²) in [5.74, 6) is 3.59. The molecule has 1 amide bonds. The maximum Gasteiger partial charge on any atom is 0.220 e. The number of hydrogen-bond donors (Lipinski definition) is 2. The van der Waals surface area contributed by atoms with Crippen LogP contribution in [0.4, 0.5) is 0 Å². The molecule has 1 aliphatic rings. The molecule has 0 aromatic heterocycles. The largest absolute Gasteiger partial charge is 0.356 e. The van der Waals surface area contributed by atoms with E-state index in [1.165, 1.54) is 17.9 Å². The zero-order valence-corrected chi connectivity index (χ0v) is 9.61. The summed E-state index contributed by atoms with van der Waals surface area (Å²) in [4.78, 5) is 11.4. The van der Waals surface area contributed by atoms with Gasteiger partial charge in [0.2, 0.25) is 5.91 Å². The van der Waals surface area contributed by atoms with Gasteiger partial charge in [-0.3, -0.25) is 4.79 Å². The first-order chi connectivity index (χ1) is 6.72. The van der Waals surface area contributed by atoms with Gasteiger partial charge in [0.1, 0.15) is 0 Å². The number of thioether (sulfide) groups is 1. The summed E-state index contributed by atoms with van der Waals surface area (Å²) in [7, 11) is 0. The van der Waals surface area contributed by atoms with E-state index in [0.29, 0.717) is 24.8 Å². The van der Waals surface area contributed by atoms with Crippen molar-refractivity contribution in [2.75, 3.05) is 24.6 Å². The van der Waals surface area contributed by atoms with Crippen LogP contribution in [0.25, 0.3) is 0 Å². The molecular formula is C10H20N2OS. The van der Waals surface area contributed by atoms with E-state index >= 15 is 0 Å². The number of amides is 1. The van der Waals surface area contributed by atoms with Crippen LogP contribution in [0, 0.1) is 11.8 Å². The van der Waals surface area contributed by atoms with Gasteiger partial charge < -0.3 is 11.1 Å². The number of hydrogen-bond acceptors (Lipinski definition) is 3. The molecule has 1 fully saturated rings. The Hall–Kier alpha value is -0.220. The molecule has 82 valence electrons. The summed E-state index contributed by atoms with van der Waals surface area (Å²) in [5, 5.41) is 2.98. The topological polar surface area (TPSA) is 55.1 Å². The van der Waals surface area contributed by atoms with E-state index in [9.17, 15) is 4.79 Å². The molecule has 4 heteroatoms. The van der Waals surface area contributed by atoms with Gasteiger partial charge in [-0.05, 0) is 36.3 Å². The van der Waals surface area contributed by atoms with Crippen molar-refractivity contribution in [3.63, 3.8) is 0 Å². The van der Waals surface area contributed by atoms with Crippen molar-refractivity contribution >= 4 is 17.7 Å². The molecule has 0 aromatic carbocycles. The summed E-state index contributed by atoms with van der Waals surface area (Å²) in [6.07, 6.45) is 1.81. The average molecular weight is 216 g/mol. The van der Waals surface area contributed by atoms with Crippen molar-refractivity contribution in [3.8, 4) is 0 Å². The van der Waals surface area contributed by atoms with Crippen LogP contribution in [-0.4, -0.2) is 30.5 Å². The van der Waals surface area contributed by atoms with Crippen molar-refractivity contribution < 1.29 is 4.79 Å². The normalized spacial score (nSPS) is 23.4. The van der Waals surface area contributed by atoms with Crippen molar-refractivity contribution in [3.05, 3.63) is 0 Å². The molecule has 0 spiro atoms. The number of nitrogens with one attached hydrogen (secondary N) is 1. The van der Waals surface area contributed by atoms with Crippen LogP contribution >= 0.6 is 11.8 Å². The standard InChI is InChI=1S/C10H20N2OS/c1-8(5-11)4-10(13)12-6-9-2-3-14-7-9/h8-9H,2-7,11H2,1H3,(H,12,13). The lowest BCUT2D eigenvalue weighted by Crippen LogP contribution is -2.31. The van der Waals surface area contributed by atoms with Crippen molar-refractivity contribution in [1.82, 2.24) is 5.32 Å². The molecular weight excluding hydrogens is 196 g/mol. The van der Waals surface area contributed by atoms with Gasteiger partial charge in [-0.15, -0.1) is 0 Å². The van der Waals surface area contributed by atoms with E-state index < -0.39 is 0 Å². The van der Waals surface area contributed by atoms with Gasteiger partial charge in [0.15, 0.2) is 0 Å². The lowest BCUT2D eigenvalue weighted by atomic mass is 10.1.